The van der Waals surface area contributed by atoms with E-state index in [9.17, 15) is 9.59 Å². The molecule has 0 saturated heterocycles. The van der Waals surface area contributed by atoms with E-state index in [4.69, 9.17) is 4.74 Å². The van der Waals surface area contributed by atoms with Crippen molar-refractivity contribution >= 4 is 17.5 Å². The Labute approximate surface area is 181 Å². The van der Waals surface area contributed by atoms with E-state index in [1.165, 1.54) is 5.56 Å². The molecule has 0 radical (unpaired) electrons. The number of amides is 2. The summed E-state index contributed by atoms with van der Waals surface area (Å²) in [5, 5.41) is 3.08. The van der Waals surface area contributed by atoms with Crippen molar-refractivity contribution in [2.24, 2.45) is 0 Å². The number of para-hydroxylation sites is 2. The number of nitrogens with zero attached hydrogens (tertiary/aromatic N) is 1. The van der Waals surface area contributed by atoms with Gasteiger partial charge in [-0.2, -0.15) is 0 Å². The third kappa shape index (κ3) is 3.26. The lowest BCUT2D eigenvalue weighted by atomic mass is 9.76. The van der Waals surface area contributed by atoms with Gasteiger partial charge >= 0.3 is 0 Å². The van der Waals surface area contributed by atoms with Gasteiger partial charge in [-0.15, -0.1) is 0 Å². The van der Waals surface area contributed by atoms with Crippen LogP contribution in [0.15, 0.2) is 72.8 Å². The second-order valence-corrected chi connectivity index (χ2v) is 7.88. The SMILES string of the molecule is CCOc1ccccc1NC(=O)[C@H]1c2ccccc2C(=O)N2CCc3ccccc3[C@@H]12. The first-order chi connectivity index (χ1) is 15.2. The number of rotatable bonds is 4. The topological polar surface area (TPSA) is 58.6 Å². The summed E-state index contributed by atoms with van der Waals surface area (Å²) in [4.78, 5) is 28.9. The second kappa shape index (κ2) is 7.91. The number of hydrogen-bond acceptors (Lipinski definition) is 3. The van der Waals surface area contributed by atoms with Crippen molar-refractivity contribution in [2.45, 2.75) is 25.3 Å². The van der Waals surface area contributed by atoms with Gasteiger partial charge in [-0.25, -0.2) is 0 Å². The number of ether oxygens (including phenoxy) is 1. The first kappa shape index (κ1) is 19.4. The van der Waals surface area contributed by atoms with E-state index in [1.54, 1.807) is 0 Å². The van der Waals surface area contributed by atoms with E-state index in [1.807, 2.05) is 78.6 Å². The van der Waals surface area contributed by atoms with Gasteiger partial charge in [-0.1, -0.05) is 54.6 Å². The average Bonchev–Trinajstić information content (AvgIpc) is 2.80. The Morgan fingerprint density at radius 3 is 2.55 bits per heavy atom. The van der Waals surface area contributed by atoms with Crippen molar-refractivity contribution in [1.29, 1.82) is 0 Å². The normalized spacial score (nSPS) is 19.1. The molecule has 2 heterocycles. The van der Waals surface area contributed by atoms with Gasteiger partial charge in [0.2, 0.25) is 5.91 Å². The van der Waals surface area contributed by atoms with Crippen molar-refractivity contribution in [3.05, 3.63) is 95.1 Å². The molecule has 0 bridgehead atoms. The molecular weight excluding hydrogens is 388 g/mol. The second-order valence-electron chi connectivity index (χ2n) is 7.88. The van der Waals surface area contributed by atoms with Crippen LogP contribution in [-0.2, 0) is 11.2 Å². The van der Waals surface area contributed by atoms with E-state index in [-0.39, 0.29) is 17.9 Å². The van der Waals surface area contributed by atoms with Crippen molar-refractivity contribution in [1.82, 2.24) is 4.90 Å². The smallest absolute Gasteiger partial charge is 0.254 e. The van der Waals surface area contributed by atoms with Crippen molar-refractivity contribution in [3.8, 4) is 5.75 Å². The molecule has 5 heteroatoms. The summed E-state index contributed by atoms with van der Waals surface area (Å²) in [6.45, 7) is 3.03. The summed E-state index contributed by atoms with van der Waals surface area (Å²) in [5.41, 5.74) is 4.27. The average molecular weight is 412 g/mol. The highest BCUT2D eigenvalue weighted by Crippen LogP contribution is 2.46. The molecule has 0 spiro atoms. The molecule has 0 fully saturated rings. The molecule has 2 atom stereocenters. The number of nitrogens with one attached hydrogen (secondary N) is 1. The van der Waals surface area contributed by atoms with Crippen molar-refractivity contribution in [2.75, 3.05) is 18.5 Å². The van der Waals surface area contributed by atoms with Crippen LogP contribution in [-0.4, -0.2) is 29.9 Å². The minimum Gasteiger partial charge on any atom is -0.492 e. The molecule has 2 aliphatic heterocycles. The first-order valence-corrected chi connectivity index (χ1v) is 10.7. The molecule has 3 aromatic carbocycles. The first-order valence-electron chi connectivity index (χ1n) is 10.7. The molecule has 0 aliphatic carbocycles. The quantitative estimate of drug-likeness (QED) is 0.683. The fourth-order valence-corrected chi connectivity index (χ4v) is 4.82. The van der Waals surface area contributed by atoms with E-state index < -0.39 is 5.92 Å². The third-order valence-corrected chi connectivity index (χ3v) is 6.16. The van der Waals surface area contributed by atoms with Crippen molar-refractivity contribution in [3.63, 3.8) is 0 Å². The highest BCUT2D eigenvalue weighted by atomic mass is 16.5. The highest BCUT2D eigenvalue weighted by Gasteiger charge is 2.46. The predicted molar refractivity (Wildman–Crippen MR) is 119 cm³/mol. The minimum atomic E-state index is -0.509. The number of hydrogen-bond donors (Lipinski definition) is 1. The molecule has 0 unspecified atom stereocenters. The lowest BCUT2D eigenvalue weighted by molar-refractivity contribution is -0.119. The lowest BCUT2D eigenvalue weighted by Crippen LogP contribution is -2.49. The van der Waals surface area contributed by atoms with Gasteiger partial charge in [0.15, 0.2) is 0 Å². The van der Waals surface area contributed by atoms with Crippen LogP contribution in [0.5, 0.6) is 5.75 Å². The van der Waals surface area contributed by atoms with Crippen LogP contribution in [0.25, 0.3) is 0 Å². The monoisotopic (exact) mass is 412 g/mol. The number of anilines is 1. The Morgan fingerprint density at radius 2 is 1.71 bits per heavy atom. The van der Waals surface area contributed by atoms with E-state index >= 15 is 0 Å². The molecule has 2 aliphatic rings. The van der Waals surface area contributed by atoms with Gasteiger partial charge in [-0.3, -0.25) is 9.59 Å². The fourth-order valence-electron chi connectivity index (χ4n) is 4.82. The van der Waals surface area contributed by atoms with E-state index in [0.717, 1.165) is 17.5 Å². The summed E-state index contributed by atoms with van der Waals surface area (Å²) in [7, 11) is 0. The number of carbonyl (C=O) groups excluding carboxylic acids is 2. The summed E-state index contributed by atoms with van der Waals surface area (Å²) < 4.78 is 5.70. The van der Waals surface area contributed by atoms with Crippen LogP contribution < -0.4 is 10.1 Å². The van der Waals surface area contributed by atoms with Crippen LogP contribution in [0.2, 0.25) is 0 Å². The molecule has 31 heavy (non-hydrogen) atoms. The summed E-state index contributed by atoms with van der Waals surface area (Å²) in [6, 6.07) is 22.7. The predicted octanol–water partition coefficient (Wildman–Crippen LogP) is 4.56. The largest absolute Gasteiger partial charge is 0.492 e. The molecular formula is C26H24N2O3. The van der Waals surface area contributed by atoms with E-state index in [2.05, 4.69) is 11.4 Å². The van der Waals surface area contributed by atoms with Gasteiger partial charge in [0.25, 0.3) is 5.91 Å². The molecule has 5 rings (SSSR count). The van der Waals surface area contributed by atoms with Crippen LogP contribution in [0.4, 0.5) is 5.69 Å². The van der Waals surface area contributed by atoms with Gasteiger partial charge < -0.3 is 15.0 Å². The molecule has 156 valence electrons. The Balaban J connectivity index is 1.61. The van der Waals surface area contributed by atoms with Gasteiger partial charge in [-0.05, 0) is 48.2 Å². The van der Waals surface area contributed by atoms with Gasteiger partial charge in [0.05, 0.1) is 24.3 Å². The number of benzene rings is 3. The van der Waals surface area contributed by atoms with Crippen LogP contribution >= 0.6 is 0 Å². The van der Waals surface area contributed by atoms with Crippen LogP contribution in [0, 0.1) is 0 Å². The molecule has 3 aromatic rings. The maximum atomic E-state index is 13.8. The maximum absolute atomic E-state index is 13.8. The summed E-state index contributed by atoms with van der Waals surface area (Å²) >= 11 is 0. The molecule has 5 nitrogen and oxygen atoms in total. The lowest BCUT2D eigenvalue weighted by Gasteiger charge is -2.45. The standard InChI is InChI=1S/C26H24N2O3/c1-2-31-22-14-8-7-13-21(22)27-25(29)23-19-11-5-6-12-20(19)26(30)28-16-15-17-9-3-4-10-18(17)24(23)28/h3-14,23-24H,2,15-16H2,1H3,(H,27,29)/t23-,24-/m0/s1. The van der Waals surface area contributed by atoms with E-state index in [0.29, 0.717) is 30.2 Å². The van der Waals surface area contributed by atoms with Gasteiger partial charge in [0, 0.05) is 12.1 Å². The Kier molecular flexibility index (Phi) is 4.94. The zero-order valence-electron chi connectivity index (χ0n) is 17.4. The summed E-state index contributed by atoms with van der Waals surface area (Å²) in [5.74, 6) is -0.0165. The molecule has 0 saturated carbocycles. The zero-order chi connectivity index (χ0) is 21.4. The minimum absolute atomic E-state index is 0.00568. The molecule has 0 aromatic heterocycles. The zero-order valence-corrected chi connectivity index (χ0v) is 17.4. The Hall–Kier alpha value is -3.60. The fraction of sp³-hybridized carbons (Fsp3) is 0.231. The van der Waals surface area contributed by atoms with Crippen LogP contribution in [0.3, 0.4) is 0 Å². The third-order valence-electron chi connectivity index (χ3n) is 6.16. The highest BCUT2D eigenvalue weighted by molar-refractivity contribution is 6.05. The number of carbonyl (C=O) groups is 2. The maximum Gasteiger partial charge on any atom is 0.254 e. The Bertz CT molecular complexity index is 1160. The van der Waals surface area contributed by atoms with Gasteiger partial charge in [0.1, 0.15) is 5.75 Å². The van der Waals surface area contributed by atoms with Crippen LogP contribution in [0.1, 0.15) is 45.9 Å². The summed E-state index contributed by atoms with van der Waals surface area (Å²) in [6.07, 6.45) is 0.794. The van der Waals surface area contributed by atoms with Crippen molar-refractivity contribution < 1.29 is 14.3 Å². The Morgan fingerprint density at radius 1 is 1.00 bits per heavy atom. The molecule has 1 N–H and O–H groups in total. The molecule has 2 amide bonds. The number of fused-ring (bicyclic) bond motifs is 4.